The highest BCUT2D eigenvalue weighted by atomic mass is 32.2. The van der Waals surface area contributed by atoms with Gasteiger partial charge >= 0.3 is 5.69 Å². The van der Waals surface area contributed by atoms with Gasteiger partial charge in [-0.1, -0.05) is 30.3 Å². The summed E-state index contributed by atoms with van der Waals surface area (Å²) in [6.07, 6.45) is 1.13. The highest BCUT2D eigenvalue weighted by Crippen LogP contribution is 2.35. The zero-order valence-corrected chi connectivity index (χ0v) is 20.8. The predicted octanol–water partition coefficient (Wildman–Crippen LogP) is 3.44. The van der Waals surface area contributed by atoms with Crippen molar-refractivity contribution in [2.24, 2.45) is 0 Å². The largest absolute Gasteiger partial charge is 0.496 e. The number of pyridine rings is 1. The third kappa shape index (κ3) is 4.88. The lowest BCUT2D eigenvalue weighted by Crippen LogP contribution is -2.29. The van der Waals surface area contributed by atoms with Gasteiger partial charge in [0.15, 0.2) is 5.75 Å². The molecule has 0 amide bonds. The van der Waals surface area contributed by atoms with Crippen molar-refractivity contribution in [3.63, 3.8) is 0 Å². The van der Waals surface area contributed by atoms with Gasteiger partial charge in [0.1, 0.15) is 15.6 Å². The van der Waals surface area contributed by atoms with E-state index in [1.54, 1.807) is 25.3 Å². The Bertz CT molecular complexity index is 1520. The van der Waals surface area contributed by atoms with Gasteiger partial charge in [-0.15, -0.1) is 0 Å². The van der Waals surface area contributed by atoms with Crippen molar-refractivity contribution < 1.29 is 22.6 Å². The summed E-state index contributed by atoms with van der Waals surface area (Å²) < 4.78 is 42.7. The molecular weight excluding hydrogens is 470 g/mol. The van der Waals surface area contributed by atoms with E-state index in [2.05, 4.69) is 9.97 Å². The monoisotopic (exact) mass is 497 g/mol. The van der Waals surface area contributed by atoms with Gasteiger partial charge in [-0.05, 0) is 31.2 Å². The van der Waals surface area contributed by atoms with E-state index in [-0.39, 0.29) is 11.6 Å². The predicted molar refractivity (Wildman–Crippen MR) is 134 cm³/mol. The molecule has 0 aliphatic carbocycles. The van der Waals surface area contributed by atoms with E-state index in [9.17, 15) is 13.2 Å². The molecule has 9 nitrogen and oxygen atoms in total. The Morgan fingerprint density at radius 3 is 2.37 bits per heavy atom. The molecule has 0 unspecified atom stereocenters. The molecule has 0 aliphatic heterocycles. The maximum atomic E-state index is 13.3. The number of hydrogen-bond donors (Lipinski definition) is 1. The van der Waals surface area contributed by atoms with E-state index < -0.39 is 21.6 Å². The molecule has 0 radical (unpaired) electrons. The number of aromatic nitrogens is 3. The molecule has 0 fully saturated rings. The molecule has 1 N–H and O–H groups in total. The second-order valence-electron chi connectivity index (χ2n) is 7.98. The van der Waals surface area contributed by atoms with Crippen LogP contribution in [0.2, 0.25) is 0 Å². The number of H-pyrrole nitrogens is 1. The Balaban J connectivity index is 1.96. The van der Waals surface area contributed by atoms with Crippen LogP contribution in [0.3, 0.4) is 0 Å². The number of para-hydroxylation sites is 2. The quantitative estimate of drug-likeness (QED) is 0.377. The number of rotatable bonds is 9. The van der Waals surface area contributed by atoms with Crippen LogP contribution in [-0.4, -0.2) is 55.8 Å². The van der Waals surface area contributed by atoms with Gasteiger partial charge in [0, 0.05) is 17.4 Å². The van der Waals surface area contributed by atoms with Gasteiger partial charge in [-0.3, -0.25) is 4.57 Å². The van der Waals surface area contributed by atoms with E-state index in [4.69, 9.17) is 14.2 Å². The molecule has 4 aromatic rings. The molecule has 2 aromatic carbocycles. The van der Waals surface area contributed by atoms with E-state index in [1.807, 2.05) is 43.3 Å². The van der Waals surface area contributed by atoms with Crippen molar-refractivity contribution in [3.05, 3.63) is 70.8 Å². The summed E-state index contributed by atoms with van der Waals surface area (Å²) in [5.41, 5.74) is 2.58. The zero-order valence-electron chi connectivity index (χ0n) is 19.9. The molecule has 4 rings (SSSR count). The van der Waals surface area contributed by atoms with Gasteiger partial charge in [-0.2, -0.15) is 0 Å². The Labute approximate surface area is 203 Å². The van der Waals surface area contributed by atoms with Crippen LogP contribution in [-0.2, 0) is 9.84 Å². The Morgan fingerprint density at radius 1 is 0.971 bits per heavy atom. The molecule has 0 saturated carbocycles. The molecule has 1 atom stereocenters. The minimum Gasteiger partial charge on any atom is -0.496 e. The molecule has 0 saturated heterocycles. The van der Waals surface area contributed by atoms with E-state index in [0.29, 0.717) is 34.8 Å². The number of sulfone groups is 1. The number of imidazole rings is 1. The first-order valence-electron chi connectivity index (χ1n) is 11.0. The summed E-state index contributed by atoms with van der Waals surface area (Å²) in [5.74, 6) is 0.968. The van der Waals surface area contributed by atoms with Crippen LogP contribution in [0.1, 0.15) is 18.7 Å². The van der Waals surface area contributed by atoms with Crippen LogP contribution < -0.4 is 19.9 Å². The number of benzene rings is 2. The van der Waals surface area contributed by atoms with Gasteiger partial charge in [0.2, 0.25) is 0 Å². The van der Waals surface area contributed by atoms with Crippen LogP contribution in [0.15, 0.2) is 59.4 Å². The number of aromatic amines is 1. The minimum absolute atomic E-state index is 0.230. The molecular formula is C25H27N3O6S. The van der Waals surface area contributed by atoms with Crippen molar-refractivity contribution in [3.8, 4) is 28.5 Å². The lowest BCUT2D eigenvalue weighted by atomic mass is 10.0. The summed E-state index contributed by atoms with van der Waals surface area (Å²) in [5, 5.41) is 0. The number of nitrogens with zero attached hydrogens (tertiary/aromatic N) is 2. The fourth-order valence-electron chi connectivity index (χ4n) is 4.15. The highest BCUT2D eigenvalue weighted by molar-refractivity contribution is 7.90. The Morgan fingerprint density at radius 2 is 1.69 bits per heavy atom. The SMILES string of the molecule is CCOc1nc([C@@H](CS(C)(=O)=O)n2c(=O)[nH]c3c(-c4ccccc4OC)cccc32)ccc1OC. The van der Waals surface area contributed by atoms with E-state index in [0.717, 1.165) is 17.4 Å². The molecule has 184 valence electrons. The van der Waals surface area contributed by atoms with Gasteiger partial charge < -0.3 is 19.2 Å². The number of nitrogens with one attached hydrogen (secondary N) is 1. The summed E-state index contributed by atoms with van der Waals surface area (Å²) in [6, 6.07) is 15.4. The first-order chi connectivity index (χ1) is 16.8. The Kier molecular flexibility index (Phi) is 6.83. The third-order valence-electron chi connectivity index (χ3n) is 5.61. The number of methoxy groups -OCH3 is 2. The maximum absolute atomic E-state index is 13.3. The molecule has 0 aliphatic rings. The number of hydrogen-bond acceptors (Lipinski definition) is 7. The zero-order chi connectivity index (χ0) is 25.2. The van der Waals surface area contributed by atoms with Crippen molar-refractivity contribution in [2.75, 3.05) is 32.8 Å². The van der Waals surface area contributed by atoms with Crippen LogP contribution in [0, 0.1) is 0 Å². The normalized spacial score (nSPS) is 12.5. The summed E-state index contributed by atoms with van der Waals surface area (Å²) >= 11 is 0. The summed E-state index contributed by atoms with van der Waals surface area (Å²) in [6.45, 7) is 2.16. The van der Waals surface area contributed by atoms with Crippen molar-refractivity contribution in [1.82, 2.24) is 14.5 Å². The smallest absolute Gasteiger partial charge is 0.327 e. The fourth-order valence-corrected chi connectivity index (χ4v) is 5.05. The topological polar surface area (TPSA) is 113 Å². The summed E-state index contributed by atoms with van der Waals surface area (Å²) in [7, 11) is -0.422. The van der Waals surface area contributed by atoms with Crippen LogP contribution in [0.5, 0.6) is 17.4 Å². The maximum Gasteiger partial charge on any atom is 0.327 e. The number of ether oxygens (including phenoxy) is 3. The van der Waals surface area contributed by atoms with E-state index in [1.165, 1.54) is 11.7 Å². The fraction of sp³-hybridized carbons (Fsp3) is 0.280. The lowest BCUT2D eigenvalue weighted by Gasteiger charge is -2.19. The van der Waals surface area contributed by atoms with Gasteiger partial charge in [0.25, 0.3) is 5.88 Å². The van der Waals surface area contributed by atoms with Gasteiger partial charge in [0.05, 0.1) is 49.3 Å². The lowest BCUT2D eigenvalue weighted by molar-refractivity contribution is 0.296. The van der Waals surface area contributed by atoms with Crippen LogP contribution in [0.4, 0.5) is 0 Å². The first-order valence-corrected chi connectivity index (χ1v) is 13.1. The number of fused-ring (bicyclic) bond motifs is 1. The summed E-state index contributed by atoms with van der Waals surface area (Å²) in [4.78, 5) is 20.8. The average molecular weight is 498 g/mol. The van der Waals surface area contributed by atoms with Crippen LogP contribution >= 0.6 is 0 Å². The second-order valence-corrected chi connectivity index (χ2v) is 10.2. The third-order valence-corrected chi connectivity index (χ3v) is 6.53. The first kappa shape index (κ1) is 24.3. The second kappa shape index (κ2) is 9.83. The standard InChI is InChI=1S/C25H27N3O6S/c1-5-34-24-22(33-3)14-13-18(26-24)20(15-35(4,30)31)28-19-11-8-10-17(23(19)27-25(28)29)16-9-6-7-12-21(16)32-2/h6-14,20H,5,15H2,1-4H3,(H,27,29)/t20-/m1/s1. The van der Waals surface area contributed by atoms with Crippen molar-refractivity contribution in [2.45, 2.75) is 13.0 Å². The van der Waals surface area contributed by atoms with E-state index >= 15 is 0 Å². The van der Waals surface area contributed by atoms with Crippen LogP contribution in [0.25, 0.3) is 22.2 Å². The average Bonchev–Trinajstić information content (AvgIpc) is 3.17. The van der Waals surface area contributed by atoms with Crippen molar-refractivity contribution >= 4 is 20.9 Å². The molecule has 0 bridgehead atoms. The molecule has 2 aromatic heterocycles. The molecule has 35 heavy (non-hydrogen) atoms. The molecule has 10 heteroatoms. The molecule has 2 heterocycles. The highest BCUT2D eigenvalue weighted by Gasteiger charge is 2.27. The minimum atomic E-state index is -3.50. The Hall–Kier alpha value is -3.79. The molecule has 0 spiro atoms. The van der Waals surface area contributed by atoms with Crippen molar-refractivity contribution in [1.29, 1.82) is 0 Å². The van der Waals surface area contributed by atoms with Gasteiger partial charge in [-0.25, -0.2) is 18.2 Å².